The molecule has 4 aromatic rings. The van der Waals surface area contributed by atoms with Crippen LogP contribution < -0.4 is 0 Å². The lowest BCUT2D eigenvalue weighted by Crippen LogP contribution is -2.04. The zero-order chi connectivity index (χ0) is 16.7. The van der Waals surface area contributed by atoms with Crippen LogP contribution in [0.25, 0.3) is 22.5 Å². The van der Waals surface area contributed by atoms with Gasteiger partial charge in [-0.3, -0.25) is 0 Å². The van der Waals surface area contributed by atoms with E-state index in [-0.39, 0.29) is 0 Å². The number of rotatable bonds is 3. The summed E-state index contributed by atoms with van der Waals surface area (Å²) in [5, 5.41) is 5.90. The van der Waals surface area contributed by atoms with Crippen LogP contribution in [0.4, 0.5) is 0 Å². The first-order valence-electron chi connectivity index (χ1n) is 8.07. The van der Waals surface area contributed by atoms with Gasteiger partial charge in [0, 0.05) is 5.69 Å². The van der Waals surface area contributed by atoms with E-state index >= 15 is 0 Å². The van der Waals surface area contributed by atoms with E-state index in [1.807, 2.05) is 41.9 Å². The third-order valence-corrected chi connectivity index (χ3v) is 4.61. The average Bonchev–Trinajstić information content (AvgIpc) is 3.22. The van der Waals surface area contributed by atoms with Crippen LogP contribution in [-0.2, 0) is 6.54 Å². The van der Waals surface area contributed by atoms with Crippen molar-refractivity contribution in [1.82, 2.24) is 14.8 Å². The second-order valence-electron chi connectivity index (χ2n) is 6.11. The van der Waals surface area contributed by atoms with Crippen LogP contribution in [0.3, 0.4) is 0 Å². The highest BCUT2D eigenvalue weighted by atomic mass is 16.3. The number of hydrogen-bond donors (Lipinski definition) is 0. The number of furan rings is 1. The predicted octanol–water partition coefficient (Wildman–Crippen LogP) is 4.66. The number of aromatic nitrogens is 3. The summed E-state index contributed by atoms with van der Waals surface area (Å²) in [5.74, 6) is 0.778. The predicted molar refractivity (Wildman–Crippen MR) is 95.0 cm³/mol. The molecule has 4 rings (SSSR count). The molecule has 0 aliphatic heterocycles. The van der Waals surface area contributed by atoms with Gasteiger partial charge in [0.25, 0.3) is 0 Å². The van der Waals surface area contributed by atoms with Gasteiger partial charge in [0.1, 0.15) is 5.69 Å². The largest absolute Gasteiger partial charge is 0.463 e. The molecule has 1 aromatic carbocycles. The Morgan fingerprint density at radius 2 is 1.75 bits per heavy atom. The van der Waals surface area contributed by atoms with Crippen molar-refractivity contribution in [3.8, 4) is 11.5 Å². The van der Waals surface area contributed by atoms with Crippen molar-refractivity contribution >= 4 is 11.0 Å². The number of pyridine rings is 1. The fourth-order valence-corrected chi connectivity index (χ4v) is 3.07. The molecule has 4 nitrogen and oxygen atoms in total. The summed E-state index contributed by atoms with van der Waals surface area (Å²) in [4.78, 5) is 4.82. The SMILES string of the molecule is Cc1nc2c(c(-c3ccco3)nn2Cc2ccccc2)c(C)c1C. The van der Waals surface area contributed by atoms with Crippen LogP contribution >= 0.6 is 0 Å². The van der Waals surface area contributed by atoms with Gasteiger partial charge in [-0.05, 0) is 49.6 Å². The van der Waals surface area contributed by atoms with Crippen LogP contribution in [0, 0.1) is 20.8 Å². The van der Waals surface area contributed by atoms with Crippen LogP contribution in [0.5, 0.6) is 0 Å². The second kappa shape index (κ2) is 5.64. The van der Waals surface area contributed by atoms with Gasteiger partial charge in [-0.2, -0.15) is 5.10 Å². The Balaban J connectivity index is 1.97. The standard InChI is InChI=1S/C20H19N3O/c1-13-14(2)18-19(17-10-7-11-24-17)22-23(20(18)21-15(13)3)12-16-8-5-4-6-9-16/h4-11H,12H2,1-3H3. The van der Waals surface area contributed by atoms with Crippen molar-refractivity contribution in [3.05, 3.63) is 71.1 Å². The molecule has 0 aliphatic carbocycles. The van der Waals surface area contributed by atoms with E-state index in [4.69, 9.17) is 14.5 Å². The summed E-state index contributed by atoms with van der Waals surface area (Å²) in [7, 11) is 0. The molecule has 0 amide bonds. The molecule has 0 fully saturated rings. The van der Waals surface area contributed by atoms with Crippen molar-refractivity contribution in [2.75, 3.05) is 0 Å². The molecule has 3 aromatic heterocycles. The Morgan fingerprint density at radius 3 is 2.46 bits per heavy atom. The molecule has 120 valence electrons. The number of nitrogens with zero attached hydrogens (tertiary/aromatic N) is 3. The zero-order valence-electron chi connectivity index (χ0n) is 14.1. The van der Waals surface area contributed by atoms with Crippen molar-refractivity contribution < 1.29 is 4.42 Å². The number of benzene rings is 1. The zero-order valence-corrected chi connectivity index (χ0v) is 14.1. The molecule has 0 radical (unpaired) electrons. The number of hydrogen-bond acceptors (Lipinski definition) is 3. The summed E-state index contributed by atoms with van der Waals surface area (Å²) in [5.41, 5.74) is 6.42. The lowest BCUT2D eigenvalue weighted by Gasteiger charge is -2.08. The minimum absolute atomic E-state index is 0.687. The summed E-state index contributed by atoms with van der Waals surface area (Å²) >= 11 is 0. The van der Waals surface area contributed by atoms with Gasteiger partial charge in [0.05, 0.1) is 18.2 Å². The minimum atomic E-state index is 0.687. The third-order valence-electron chi connectivity index (χ3n) is 4.61. The van der Waals surface area contributed by atoms with Crippen LogP contribution in [0.1, 0.15) is 22.4 Å². The van der Waals surface area contributed by atoms with Crippen LogP contribution in [0.2, 0.25) is 0 Å². The monoisotopic (exact) mass is 317 g/mol. The van der Waals surface area contributed by atoms with Crippen molar-refractivity contribution in [2.45, 2.75) is 27.3 Å². The normalized spacial score (nSPS) is 11.3. The highest BCUT2D eigenvalue weighted by molar-refractivity contribution is 5.93. The third kappa shape index (κ3) is 2.31. The lowest BCUT2D eigenvalue weighted by molar-refractivity contribution is 0.577. The molecular weight excluding hydrogens is 298 g/mol. The maximum atomic E-state index is 5.61. The Hall–Kier alpha value is -2.88. The fourth-order valence-electron chi connectivity index (χ4n) is 3.07. The molecule has 0 N–H and O–H groups in total. The first-order valence-corrected chi connectivity index (χ1v) is 8.07. The van der Waals surface area contributed by atoms with Gasteiger partial charge in [0.2, 0.25) is 0 Å². The maximum absolute atomic E-state index is 5.61. The summed E-state index contributed by atoms with van der Waals surface area (Å²) in [6, 6.07) is 14.2. The maximum Gasteiger partial charge on any atom is 0.159 e. The average molecular weight is 317 g/mol. The molecule has 3 heterocycles. The van der Waals surface area contributed by atoms with E-state index < -0.39 is 0 Å². The van der Waals surface area contributed by atoms with E-state index in [1.165, 1.54) is 16.7 Å². The quantitative estimate of drug-likeness (QED) is 0.552. The van der Waals surface area contributed by atoms with Crippen molar-refractivity contribution in [1.29, 1.82) is 0 Å². The van der Waals surface area contributed by atoms with Gasteiger partial charge >= 0.3 is 0 Å². The van der Waals surface area contributed by atoms with E-state index in [2.05, 4.69) is 26.0 Å². The van der Waals surface area contributed by atoms with Gasteiger partial charge in [0.15, 0.2) is 11.4 Å². The molecule has 0 saturated heterocycles. The molecule has 0 atom stereocenters. The first kappa shape index (κ1) is 14.7. The van der Waals surface area contributed by atoms with E-state index in [0.717, 1.165) is 28.2 Å². The number of fused-ring (bicyclic) bond motifs is 1. The smallest absolute Gasteiger partial charge is 0.159 e. The Morgan fingerprint density at radius 1 is 0.958 bits per heavy atom. The molecular formula is C20H19N3O. The molecule has 4 heteroatoms. The molecule has 24 heavy (non-hydrogen) atoms. The van der Waals surface area contributed by atoms with Gasteiger partial charge in [-0.1, -0.05) is 30.3 Å². The van der Waals surface area contributed by atoms with E-state index in [0.29, 0.717) is 6.54 Å². The van der Waals surface area contributed by atoms with Crippen LogP contribution in [-0.4, -0.2) is 14.8 Å². The highest BCUT2D eigenvalue weighted by Crippen LogP contribution is 2.32. The second-order valence-corrected chi connectivity index (χ2v) is 6.11. The first-order chi connectivity index (χ1) is 11.6. The minimum Gasteiger partial charge on any atom is -0.463 e. The van der Waals surface area contributed by atoms with Gasteiger partial charge in [-0.15, -0.1) is 0 Å². The van der Waals surface area contributed by atoms with Gasteiger partial charge < -0.3 is 4.42 Å². The number of aryl methyl sites for hydroxylation is 2. The van der Waals surface area contributed by atoms with Gasteiger partial charge in [-0.25, -0.2) is 9.67 Å². The van der Waals surface area contributed by atoms with E-state index in [9.17, 15) is 0 Å². The lowest BCUT2D eigenvalue weighted by atomic mass is 10.0. The Kier molecular flexibility index (Phi) is 3.45. The van der Waals surface area contributed by atoms with Crippen molar-refractivity contribution in [2.24, 2.45) is 0 Å². The summed E-state index contributed by atoms with van der Waals surface area (Å²) < 4.78 is 7.59. The van der Waals surface area contributed by atoms with Crippen LogP contribution in [0.15, 0.2) is 53.1 Å². The van der Waals surface area contributed by atoms with Crippen molar-refractivity contribution in [3.63, 3.8) is 0 Å². The molecule has 0 spiro atoms. The Bertz CT molecular complexity index is 999. The molecule has 0 bridgehead atoms. The summed E-state index contributed by atoms with van der Waals surface area (Å²) in [6.45, 7) is 6.98. The summed E-state index contributed by atoms with van der Waals surface area (Å²) in [6.07, 6.45) is 1.68. The molecule has 0 aliphatic rings. The molecule has 0 saturated carbocycles. The molecule has 0 unspecified atom stereocenters. The van der Waals surface area contributed by atoms with E-state index in [1.54, 1.807) is 6.26 Å². The Labute approximate surface area is 140 Å². The fraction of sp³-hybridized carbons (Fsp3) is 0.200. The topological polar surface area (TPSA) is 43.9 Å². The highest BCUT2D eigenvalue weighted by Gasteiger charge is 2.19.